The number of halogens is 1. The largest absolute Gasteiger partial charge is 0.497 e. The van der Waals surface area contributed by atoms with Crippen molar-refractivity contribution < 1.29 is 14.2 Å². The Morgan fingerprint density at radius 2 is 1.68 bits per heavy atom. The molecule has 0 bridgehead atoms. The smallest absolute Gasteiger partial charge is 0.138 e. The summed E-state index contributed by atoms with van der Waals surface area (Å²) in [5.74, 6) is 2.39. The fourth-order valence-electron chi connectivity index (χ4n) is 4.65. The van der Waals surface area contributed by atoms with Crippen LogP contribution >= 0.6 is 11.6 Å². The second kappa shape index (κ2) is 11.4. The quantitative estimate of drug-likeness (QED) is 0.232. The van der Waals surface area contributed by atoms with Crippen LogP contribution in [0.4, 0.5) is 0 Å². The maximum atomic E-state index is 6.32. The van der Waals surface area contributed by atoms with Gasteiger partial charge in [0, 0.05) is 6.54 Å². The van der Waals surface area contributed by atoms with E-state index in [2.05, 4.69) is 77.9 Å². The summed E-state index contributed by atoms with van der Waals surface area (Å²) in [6, 6.07) is 24.9. The Balaban J connectivity index is 1.42. The summed E-state index contributed by atoms with van der Waals surface area (Å²) in [6.07, 6.45) is 9.13. The number of rotatable bonds is 9. The molecule has 1 aliphatic rings. The van der Waals surface area contributed by atoms with Crippen LogP contribution < -0.4 is 14.2 Å². The van der Waals surface area contributed by atoms with Gasteiger partial charge in [-0.25, -0.2) is 0 Å². The highest BCUT2D eigenvalue weighted by molar-refractivity contribution is 6.32. The zero-order valence-corrected chi connectivity index (χ0v) is 21.9. The van der Waals surface area contributed by atoms with Crippen molar-refractivity contribution in [3.63, 3.8) is 0 Å². The van der Waals surface area contributed by atoms with E-state index in [4.69, 9.17) is 25.8 Å². The van der Waals surface area contributed by atoms with Crippen LogP contribution in [0.25, 0.3) is 21.9 Å². The van der Waals surface area contributed by atoms with Crippen LogP contribution in [0, 0.1) is 0 Å². The van der Waals surface area contributed by atoms with Crippen molar-refractivity contribution in [3.8, 4) is 28.4 Å². The van der Waals surface area contributed by atoms with Crippen LogP contribution in [0.15, 0.2) is 97.2 Å². The maximum absolute atomic E-state index is 6.32. The molecule has 37 heavy (non-hydrogen) atoms. The molecule has 1 heterocycles. The molecule has 4 aromatic carbocycles. The number of hydrogen-bond donors (Lipinski definition) is 0. The minimum absolute atomic E-state index is 0.599. The van der Waals surface area contributed by atoms with Crippen molar-refractivity contribution in [2.45, 2.75) is 6.42 Å². The first-order chi connectivity index (χ1) is 18.1. The lowest BCUT2D eigenvalue weighted by molar-refractivity contribution is 0.263. The molecular weight excluding hydrogens is 482 g/mol. The molecular formula is C32H30ClNO3. The van der Waals surface area contributed by atoms with Gasteiger partial charge in [-0.1, -0.05) is 60.2 Å². The molecule has 4 aromatic rings. The van der Waals surface area contributed by atoms with E-state index in [1.807, 2.05) is 24.3 Å². The van der Waals surface area contributed by atoms with E-state index in [1.54, 1.807) is 14.2 Å². The van der Waals surface area contributed by atoms with Gasteiger partial charge in [0.15, 0.2) is 0 Å². The number of ether oxygens (including phenoxy) is 3. The average Bonchev–Trinajstić information content (AvgIpc) is 2.95. The highest BCUT2D eigenvalue weighted by atomic mass is 35.5. The summed E-state index contributed by atoms with van der Waals surface area (Å²) in [5.41, 5.74) is 4.66. The topological polar surface area (TPSA) is 30.9 Å². The van der Waals surface area contributed by atoms with Crippen LogP contribution in [0.1, 0.15) is 11.1 Å². The maximum Gasteiger partial charge on any atom is 0.138 e. The molecule has 188 valence electrons. The molecule has 5 rings (SSSR count). The lowest BCUT2D eigenvalue weighted by atomic mass is 9.90. The van der Waals surface area contributed by atoms with Crippen LogP contribution in [-0.4, -0.2) is 38.8 Å². The van der Waals surface area contributed by atoms with E-state index in [0.29, 0.717) is 17.4 Å². The van der Waals surface area contributed by atoms with E-state index < -0.39 is 0 Å². The standard InChI is InChI=1S/C32H30ClNO3/c1-35-27-12-14-29-24(21-27)8-13-28(25-9-15-31(33)32(22-25)36-2)30(29)20-23-6-10-26(11-7-23)37-19-18-34-16-4-3-5-17-34/h3-16,21-22H,17-20H2,1-2H3. The third-order valence-electron chi connectivity index (χ3n) is 6.64. The molecule has 5 heteroatoms. The predicted octanol–water partition coefficient (Wildman–Crippen LogP) is 7.53. The van der Waals surface area contributed by atoms with Crippen molar-refractivity contribution in [3.05, 3.63) is 113 Å². The second-order valence-corrected chi connectivity index (χ2v) is 9.37. The Labute approximate surface area is 223 Å². The first-order valence-electron chi connectivity index (χ1n) is 12.4. The van der Waals surface area contributed by atoms with Crippen molar-refractivity contribution in [1.29, 1.82) is 0 Å². The Hall–Kier alpha value is -3.89. The molecule has 0 spiro atoms. The average molecular weight is 512 g/mol. The van der Waals surface area contributed by atoms with Crippen molar-refractivity contribution in [2.24, 2.45) is 0 Å². The molecule has 0 fully saturated rings. The van der Waals surface area contributed by atoms with E-state index >= 15 is 0 Å². The van der Waals surface area contributed by atoms with Crippen LogP contribution in [0.3, 0.4) is 0 Å². The number of allylic oxidation sites excluding steroid dienone is 2. The number of fused-ring (bicyclic) bond motifs is 1. The molecule has 0 saturated carbocycles. The van der Waals surface area contributed by atoms with E-state index in [-0.39, 0.29) is 0 Å². The van der Waals surface area contributed by atoms with Gasteiger partial charge in [0.2, 0.25) is 0 Å². The van der Waals surface area contributed by atoms with Crippen LogP contribution in [0.5, 0.6) is 17.2 Å². The van der Waals surface area contributed by atoms with Gasteiger partial charge in [-0.3, -0.25) is 0 Å². The number of nitrogens with zero attached hydrogens (tertiary/aromatic N) is 1. The molecule has 0 amide bonds. The zero-order valence-electron chi connectivity index (χ0n) is 21.1. The minimum Gasteiger partial charge on any atom is -0.497 e. The highest BCUT2D eigenvalue weighted by Crippen LogP contribution is 2.37. The SMILES string of the molecule is COc1ccc2c(Cc3ccc(OCCN4C=CC=CC4)cc3)c(-c3ccc(Cl)c(OC)c3)ccc2c1. The summed E-state index contributed by atoms with van der Waals surface area (Å²) in [6.45, 7) is 2.43. The lowest BCUT2D eigenvalue weighted by Gasteiger charge is -2.20. The highest BCUT2D eigenvalue weighted by Gasteiger charge is 2.14. The molecule has 0 radical (unpaired) electrons. The van der Waals surface area contributed by atoms with Gasteiger partial charge in [0.05, 0.1) is 25.8 Å². The zero-order chi connectivity index (χ0) is 25.6. The van der Waals surface area contributed by atoms with E-state index in [0.717, 1.165) is 47.5 Å². The Bertz CT molecular complexity index is 1440. The third-order valence-corrected chi connectivity index (χ3v) is 6.95. The monoisotopic (exact) mass is 511 g/mol. The number of methoxy groups -OCH3 is 2. The van der Waals surface area contributed by atoms with Gasteiger partial charge in [-0.05, 0) is 88.1 Å². The first-order valence-corrected chi connectivity index (χ1v) is 12.7. The van der Waals surface area contributed by atoms with Gasteiger partial charge < -0.3 is 19.1 Å². The molecule has 0 unspecified atom stereocenters. The van der Waals surface area contributed by atoms with Gasteiger partial charge >= 0.3 is 0 Å². The lowest BCUT2D eigenvalue weighted by Crippen LogP contribution is -2.24. The number of hydrogen-bond acceptors (Lipinski definition) is 4. The summed E-state index contributed by atoms with van der Waals surface area (Å²) >= 11 is 6.32. The first kappa shape index (κ1) is 24.8. The second-order valence-electron chi connectivity index (χ2n) is 8.96. The molecule has 0 saturated heterocycles. The predicted molar refractivity (Wildman–Crippen MR) is 152 cm³/mol. The van der Waals surface area contributed by atoms with Gasteiger partial charge in [-0.2, -0.15) is 0 Å². The molecule has 0 aliphatic carbocycles. The molecule has 4 nitrogen and oxygen atoms in total. The summed E-state index contributed by atoms with van der Waals surface area (Å²) in [4.78, 5) is 2.23. The summed E-state index contributed by atoms with van der Waals surface area (Å²) in [5, 5.41) is 2.93. The third kappa shape index (κ3) is 5.76. The fourth-order valence-corrected chi connectivity index (χ4v) is 4.84. The summed E-state index contributed by atoms with van der Waals surface area (Å²) in [7, 11) is 3.34. The van der Waals surface area contributed by atoms with Gasteiger partial charge in [0.25, 0.3) is 0 Å². The molecule has 0 N–H and O–H groups in total. The fraction of sp³-hybridized carbons (Fsp3) is 0.188. The Morgan fingerprint density at radius 3 is 2.43 bits per heavy atom. The van der Waals surface area contributed by atoms with Gasteiger partial charge in [-0.15, -0.1) is 0 Å². The molecule has 0 aromatic heterocycles. The molecule has 0 atom stereocenters. The Kier molecular flexibility index (Phi) is 7.67. The normalized spacial score (nSPS) is 12.7. The minimum atomic E-state index is 0.599. The summed E-state index contributed by atoms with van der Waals surface area (Å²) < 4.78 is 17.0. The molecule has 1 aliphatic heterocycles. The van der Waals surface area contributed by atoms with Crippen LogP contribution in [0.2, 0.25) is 5.02 Å². The van der Waals surface area contributed by atoms with Crippen LogP contribution in [-0.2, 0) is 6.42 Å². The van der Waals surface area contributed by atoms with Crippen molar-refractivity contribution in [1.82, 2.24) is 4.90 Å². The van der Waals surface area contributed by atoms with E-state index in [9.17, 15) is 0 Å². The van der Waals surface area contributed by atoms with E-state index in [1.165, 1.54) is 16.5 Å². The van der Waals surface area contributed by atoms with Crippen molar-refractivity contribution in [2.75, 3.05) is 33.9 Å². The van der Waals surface area contributed by atoms with Gasteiger partial charge in [0.1, 0.15) is 23.9 Å². The Morgan fingerprint density at radius 1 is 0.838 bits per heavy atom. The van der Waals surface area contributed by atoms with Crippen molar-refractivity contribution >= 4 is 22.4 Å². The number of benzene rings is 4.